The molecule has 24 heavy (non-hydrogen) atoms. The number of hydrogen-bond acceptors (Lipinski definition) is 1. The molecule has 2 unspecified atom stereocenters. The number of rotatable bonds is 1. The summed E-state index contributed by atoms with van der Waals surface area (Å²) in [6, 6.07) is 14.9. The molecule has 3 aromatic rings. The molecule has 1 aliphatic heterocycles. The summed E-state index contributed by atoms with van der Waals surface area (Å²) in [5, 5.41) is 3.54. The van der Waals surface area contributed by atoms with Crippen LogP contribution in [0.5, 0.6) is 0 Å². The maximum absolute atomic E-state index is 13.1. The number of aromatic amines is 1. The van der Waals surface area contributed by atoms with Gasteiger partial charge in [0.15, 0.2) is 0 Å². The second-order valence-electron chi connectivity index (χ2n) is 7.27. The van der Waals surface area contributed by atoms with E-state index in [1.807, 2.05) is 12.1 Å². The van der Waals surface area contributed by atoms with E-state index >= 15 is 0 Å². The van der Waals surface area contributed by atoms with Gasteiger partial charge in [-0.1, -0.05) is 43.7 Å². The minimum Gasteiger partial charge on any atom is -0.351 e. The van der Waals surface area contributed by atoms with E-state index in [-0.39, 0.29) is 5.91 Å². The van der Waals surface area contributed by atoms with Crippen molar-refractivity contribution in [3.05, 3.63) is 48.2 Å². The van der Waals surface area contributed by atoms with Gasteiger partial charge in [-0.25, -0.2) is 0 Å². The molecular formula is C21H24N2O. The largest absolute Gasteiger partial charge is 0.351 e. The first-order valence-electron chi connectivity index (χ1n) is 8.95. The van der Waals surface area contributed by atoms with E-state index in [0.717, 1.165) is 23.9 Å². The molecule has 0 saturated carbocycles. The van der Waals surface area contributed by atoms with Crippen LogP contribution in [0.25, 0.3) is 21.7 Å². The Kier molecular flexibility index (Phi) is 3.79. The lowest BCUT2D eigenvalue weighted by Gasteiger charge is -2.28. The Bertz CT molecular complexity index is 895. The number of nitrogens with one attached hydrogen (secondary N) is 1. The number of hydrogen-bond donors (Lipinski definition) is 1. The highest BCUT2D eigenvalue weighted by atomic mass is 16.2. The lowest BCUT2D eigenvalue weighted by atomic mass is 10.1. The van der Waals surface area contributed by atoms with Gasteiger partial charge in [-0.15, -0.1) is 0 Å². The summed E-state index contributed by atoms with van der Waals surface area (Å²) in [6.45, 7) is 5.28. The van der Waals surface area contributed by atoms with Crippen molar-refractivity contribution in [1.29, 1.82) is 0 Å². The summed E-state index contributed by atoms with van der Waals surface area (Å²) >= 11 is 0. The molecule has 1 N–H and O–H groups in total. The fourth-order valence-electron chi connectivity index (χ4n) is 3.96. The highest BCUT2D eigenvalue weighted by molar-refractivity contribution is 6.09. The molecule has 0 spiro atoms. The third kappa shape index (κ3) is 2.58. The number of benzene rings is 2. The molecule has 3 nitrogen and oxygen atoms in total. The average molecular weight is 320 g/mol. The Morgan fingerprint density at radius 2 is 1.92 bits per heavy atom. The van der Waals surface area contributed by atoms with Crippen LogP contribution in [0.1, 0.15) is 43.6 Å². The van der Waals surface area contributed by atoms with Gasteiger partial charge in [-0.2, -0.15) is 0 Å². The fraction of sp³-hybridized carbons (Fsp3) is 0.381. The predicted molar refractivity (Wildman–Crippen MR) is 99.3 cm³/mol. The predicted octanol–water partition coefficient (Wildman–Crippen LogP) is 4.97. The van der Waals surface area contributed by atoms with Gasteiger partial charge in [0.1, 0.15) is 5.69 Å². The first-order valence-corrected chi connectivity index (χ1v) is 8.95. The van der Waals surface area contributed by atoms with E-state index < -0.39 is 0 Å². The SMILES string of the molecule is CC1CCCC(C)N(C(=O)c2cc3c(ccc4ccccc43)[nH]2)C1. The average Bonchev–Trinajstić information content (AvgIpc) is 2.96. The molecule has 1 amide bonds. The number of aromatic nitrogens is 1. The third-order valence-corrected chi connectivity index (χ3v) is 5.38. The van der Waals surface area contributed by atoms with Crippen LogP contribution in [0.4, 0.5) is 0 Å². The Morgan fingerprint density at radius 3 is 2.79 bits per heavy atom. The first-order chi connectivity index (χ1) is 11.6. The standard InChI is InChI=1S/C21H24N2O/c1-14-6-5-7-15(2)23(13-14)21(24)20-12-18-17-9-4-3-8-16(17)10-11-19(18)22-20/h3-4,8-12,14-15,22H,5-7,13H2,1-2H3. The van der Waals surface area contributed by atoms with E-state index in [0.29, 0.717) is 17.7 Å². The van der Waals surface area contributed by atoms with E-state index in [1.54, 1.807) is 0 Å². The van der Waals surface area contributed by atoms with Gasteiger partial charge in [0.05, 0.1) is 0 Å². The van der Waals surface area contributed by atoms with E-state index in [1.165, 1.54) is 23.6 Å². The Labute approximate surface area is 142 Å². The summed E-state index contributed by atoms with van der Waals surface area (Å²) < 4.78 is 0. The van der Waals surface area contributed by atoms with Crippen molar-refractivity contribution in [3.63, 3.8) is 0 Å². The molecule has 2 heterocycles. The number of fused-ring (bicyclic) bond motifs is 3. The Hall–Kier alpha value is -2.29. The zero-order valence-corrected chi connectivity index (χ0v) is 14.4. The van der Waals surface area contributed by atoms with Crippen LogP contribution in [0.15, 0.2) is 42.5 Å². The number of H-pyrrole nitrogens is 1. The summed E-state index contributed by atoms with van der Waals surface area (Å²) in [5.41, 5.74) is 1.75. The molecule has 2 atom stereocenters. The number of nitrogens with zero attached hydrogens (tertiary/aromatic N) is 1. The van der Waals surface area contributed by atoms with Crippen LogP contribution < -0.4 is 0 Å². The molecule has 2 aromatic carbocycles. The topological polar surface area (TPSA) is 36.1 Å². The molecule has 4 rings (SSSR count). The molecule has 1 fully saturated rings. The third-order valence-electron chi connectivity index (χ3n) is 5.38. The Morgan fingerprint density at radius 1 is 1.08 bits per heavy atom. The van der Waals surface area contributed by atoms with Crippen molar-refractivity contribution >= 4 is 27.6 Å². The van der Waals surface area contributed by atoms with Crippen molar-refractivity contribution in [1.82, 2.24) is 9.88 Å². The summed E-state index contributed by atoms with van der Waals surface area (Å²) in [4.78, 5) is 18.5. The smallest absolute Gasteiger partial charge is 0.270 e. The summed E-state index contributed by atoms with van der Waals surface area (Å²) in [5.74, 6) is 0.709. The number of carbonyl (C=O) groups is 1. The van der Waals surface area contributed by atoms with Gasteiger partial charge in [-0.05, 0) is 48.6 Å². The van der Waals surface area contributed by atoms with Crippen molar-refractivity contribution < 1.29 is 4.79 Å². The fourth-order valence-corrected chi connectivity index (χ4v) is 3.96. The van der Waals surface area contributed by atoms with Crippen molar-refractivity contribution in [2.75, 3.05) is 6.54 Å². The zero-order chi connectivity index (χ0) is 16.7. The van der Waals surface area contributed by atoms with Crippen LogP contribution in [0.2, 0.25) is 0 Å². The molecule has 0 aliphatic carbocycles. The lowest BCUT2D eigenvalue weighted by Crippen LogP contribution is -2.40. The Balaban J connectivity index is 1.75. The van der Waals surface area contributed by atoms with E-state index in [4.69, 9.17) is 0 Å². The monoisotopic (exact) mass is 320 g/mol. The van der Waals surface area contributed by atoms with Crippen molar-refractivity contribution in [3.8, 4) is 0 Å². The summed E-state index contributed by atoms with van der Waals surface area (Å²) in [6.07, 6.45) is 3.52. The van der Waals surface area contributed by atoms with Crippen molar-refractivity contribution in [2.24, 2.45) is 5.92 Å². The lowest BCUT2D eigenvalue weighted by molar-refractivity contribution is 0.0672. The minimum atomic E-state index is 0.136. The van der Waals surface area contributed by atoms with Crippen molar-refractivity contribution in [2.45, 2.75) is 39.2 Å². The molecule has 124 valence electrons. The summed E-state index contributed by atoms with van der Waals surface area (Å²) in [7, 11) is 0. The van der Waals surface area contributed by atoms with Gasteiger partial charge >= 0.3 is 0 Å². The molecule has 1 saturated heterocycles. The second-order valence-corrected chi connectivity index (χ2v) is 7.27. The molecule has 0 radical (unpaired) electrons. The molecule has 1 aliphatic rings. The van der Waals surface area contributed by atoms with Gasteiger partial charge in [0.25, 0.3) is 5.91 Å². The van der Waals surface area contributed by atoms with Gasteiger partial charge in [0.2, 0.25) is 0 Å². The van der Waals surface area contributed by atoms with Crippen LogP contribution in [-0.4, -0.2) is 28.4 Å². The molecule has 1 aromatic heterocycles. The van der Waals surface area contributed by atoms with Crippen LogP contribution in [0, 0.1) is 5.92 Å². The molecular weight excluding hydrogens is 296 g/mol. The normalized spacial score (nSPS) is 22.0. The van der Waals surface area contributed by atoms with Crippen LogP contribution >= 0.6 is 0 Å². The van der Waals surface area contributed by atoms with Gasteiger partial charge in [-0.3, -0.25) is 4.79 Å². The van der Waals surface area contributed by atoms with Gasteiger partial charge < -0.3 is 9.88 Å². The number of amides is 1. The highest BCUT2D eigenvalue weighted by Crippen LogP contribution is 2.28. The zero-order valence-electron chi connectivity index (χ0n) is 14.4. The van der Waals surface area contributed by atoms with Gasteiger partial charge in [0, 0.05) is 23.5 Å². The first kappa shape index (κ1) is 15.3. The quantitative estimate of drug-likeness (QED) is 0.675. The van der Waals surface area contributed by atoms with E-state index in [2.05, 4.69) is 54.1 Å². The molecule has 3 heteroatoms. The van der Waals surface area contributed by atoms with Crippen LogP contribution in [-0.2, 0) is 0 Å². The minimum absolute atomic E-state index is 0.136. The molecule has 0 bridgehead atoms. The highest BCUT2D eigenvalue weighted by Gasteiger charge is 2.27. The van der Waals surface area contributed by atoms with Crippen LogP contribution in [0.3, 0.4) is 0 Å². The number of carbonyl (C=O) groups excluding carboxylic acids is 1. The number of likely N-dealkylation sites (tertiary alicyclic amines) is 1. The second kappa shape index (κ2) is 5.97. The maximum atomic E-state index is 13.1. The van der Waals surface area contributed by atoms with E-state index in [9.17, 15) is 4.79 Å². The maximum Gasteiger partial charge on any atom is 0.270 e.